The highest BCUT2D eigenvalue weighted by molar-refractivity contribution is 7.46. The van der Waals surface area contributed by atoms with Crippen molar-refractivity contribution in [2.75, 3.05) is 6.61 Å². The zero-order valence-electron chi connectivity index (χ0n) is 10.7. The van der Waals surface area contributed by atoms with Gasteiger partial charge in [0.2, 0.25) is 0 Å². The molecule has 9 heteroatoms. The van der Waals surface area contributed by atoms with E-state index >= 15 is 0 Å². The van der Waals surface area contributed by atoms with Gasteiger partial charge in [0.05, 0.1) is 6.61 Å². The summed E-state index contributed by atoms with van der Waals surface area (Å²) in [5.41, 5.74) is 6.08. The summed E-state index contributed by atoms with van der Waals surface area (Å²) in [5, 5.41) is 9.43. The maximum atomic E-state index is 11.4. The van der Waals surface area contributed by atoms with Crippen LogP contribution >= 0.6 is 7.82 Å². The van der Waals surface area contributed by atoms with Crippen molar-refractivity contribution in [2.45, 2.75) is 19.4 Å². The number of nitrogens with two attached hydrogens (primary N) is 1. The molecule has 0 aromatic heterocycles. The summed E-state index contributed by atoms with van der Waals surface area (Å²) in [6.07, 6.45) is 0.0800. The number of phosphoric acid groups is 1. The molecule has 8 nitrogen and oxygen atoms in total. The molecular formula is C11H16NO7P. The van der Waals surface area contributed by atoms with Gasteiger partial charge in [-0.2, -0.15) is 0 Å². The molecule has 0 aliphatic carbocycles. The normalized spacial score (nSPS) is 12.8. The minimum atomic E-state index is -4.78. The average Bonchev–Trinajstić information content (AvgIpc) is 2.32. The number of rotatable bonds is 6. The third kappa shape index (κ3) is 5.18. The number of hydrogen-bond donors (Lipinski definition) is 4. The Morgan fingerprint density at radius 1 is 1.45 bits per heavy atom. The predicted molar refractivity (Wildman–Crippen MR) is 69.1 cm³/mol. The Bertz CT molecular complexity index is 528. The fraction of sp³-hybridized carbons (Fsp3) is 0.364. The zero-order valence-corrected chi connectivity index (χ0v) is 11.6. The van der Waals surface area contributed by atoms with Crippen LogP contribution < -0.4 is 10.3 Å². The first kappa shape index (κ1) is 16.5. The van der Waals surface area contributed by atoms with Gasteiger partial charge in [-0.1, -0.05) is 6.07 Å². The van der Waals surface area contributed by atoms with Crippen molar-refractivity contribution in [3.8, 4) is 11.5 Å². The zero-order chi connectivity index (χ0) is 15.3. The first-order valence-electron chi connectivity index (χ1n) is 5.72. The van der Waals surface area contributed by atoms with Crippen molar-refractivity contribution in [3.63, 3.8) is 0 Å². The van der Waals surface area contributed by atoms with Crippen LogP contribution in [0.1, 0.15) is 12.5 Å². The lowest BCUT2D eigenvalue weighted by Crippen LogP contribution is -2.34. The van der Waals surface area contributed by atoms with E-state index in [1.165, 1.54) is 18.2 Å². The van der Waals surface area contributed by atoms with Gasteiger partial charge in [-0.3, -0.25) is 14.6 Å². The molecule has 0 aliphatic heterocycles. The summed E-state index contributed by atoms with van der Waals surface area (Å²) in [5.74, 6) is -1.40. The molecule has 1 aromatic rings. The fourth-order valence-electron chi connectivity index (χ4n) is 1.47. The maximum absolute atomic E-state index is 11.4. The van der Waals surface area contributed by atoms with Gasteiger partial charge < -0.3 is 20.1 Å². The molecule has 0 amide bonds. The number of ether oxygens (including phenoxy) is 1. The molecule has 0 radical (unpaired) electrons. The number of phenolic OH excluding ortho intramolecular Hbond substituents is 1. The Kier molecular flexibility index (Phi) is 5.52. The molecular weight excluding hydrogens is 289 g/mol. The van der Waals surface area contributed by atoms with Gasteiger partial charge in [-0.15, -0.1) is 0 Å². The molecule has 0 unspecified atom stereocenters. The van der Waals surface area contributed by atoms with Crippen LogP contribution in [-0.2, 0) is 20.5 Å². The Balaban J connectivity index is 2.85. The highest BCUT2D eigenvalue weighted by atomic mass is 31.2. The second-order valence-electron chi connectivity index (χ2n) is 3.95. The van der Waals surface area contributed by atoms with E-state index in [2.05, 4.69) is 4.52 Å². The monoisotopic (exact) mass is 305 g/mol. The van der Waals surface area contributed by atoms with E-state index in [0.29, 0.717) is 5.56 Å². The second-order valence-corrected chi connectivity index (χ2v) is 5.11. The van der Waals surface area contributed by atoms with E-state index in [1.54, 1.807) is 6.92 Å². The summed E-state index contributed by atoms with van der Waals surface area (Å²) in [6, 6.07) is 2.94. The lowest BCUT2D eigenvalue weighted by molar-refractivity contribution is -0.144. The smallest absolute Gasteiger partial charge is 0.504 e. The van der Waals surface area contributed by atoms with Crippen LogP contribution in [0.5, 0.6) is 11.5 Å². The van der Waals surface area contributed by atoms with Crippen LogP contribution in [0.15, 0.2) is 18.2 Å². The van der Waals surface area contributed by atoms with Crippen LogP contribution in [0.3, 0.4) is 0 Å². The molecule has 0 fully saturated rings. The molecule has 0 saturated heterocycles. The van der Waals surface area contributed by atoms with E-state index in [9.17, 15) is 14.5 Å². The average molecular weight is 305 g/mol. The van der Waals surface area contributed by atoms with E-state index in [-0.39, 0.29) is 18.8 Å². The number of phenols is 1. The van der Waals surface area contributed by atoms with E-state index in [1.807, 2.05) is 0 Å². The van der Waals surface area contributed by atoms with E-state index < -0.39 is 25.6 Å². The van der Waals surface area contributed by atoms with Gasteiger partial charge in [-0.05, 0) is 31.0 Å². The SMILES string of the molecule is CCOC(=O)[C@@H](N)Cc1ccc(O)c(OP(=O)(O)O)c1. The van der Waals surface area contributed by atoms with Crippen LogP contribution in [0.2, 0.25) is 0 Å². The number of benzene rings is 1. The molecule has 20 heavy (non-hydrogen) atoms. The highest BCUT2D eigenvalue weighted by Gasteiger charge is 2.20. The summed E-state index contributed by atoms with van der Waals surface area (Å²) < 4.78 is 19.8. The molecule has 1 atom stereocenters. The number of esters is 1. The number of carbonyl (C=O) groups excluding carboxylic acids is 1. The second kappa shape index (κ2) is 6.71. The lowest BCUT2D eigenvalue weighted by atomic mass is 10.1. The van der Waals surface area contributed by atoms with Crippen molar-refractivity contribution < 1.29 is 33.5 Å². The van der Waals surface area contributed by atoms with Crippen molar-refractivity contribution in [1.29, 1.82) is 0 Å². The summed E-state index contributed by atoms with van der Waals surface area (Å²) in [4.78, 5) is 28.8. The van der Waals surface area contributed by atoms with Gasteiger partial charge >= 0.3 is 13.8 Å². The molecule has 0 heterocycles. The van der Waals surface area contributed by atoms with Gasteiger partial charge in [0.1, 0.15) is 6.04 Å². The summed E-state index contributed by atoms with van der Waals surface area (Å²) >= 11 is 0. The Morgan fingerprint density at radius 3 is 2.65 bits per heavy atom. The number of aromatic hydroxyl groups is 1. The van der Waals surface area contributed by atoms with Crippen molar-refractivity contribution in [2.24, 2.45) is 5.73 Å². The number of hydrogen-bond acceptors (Lipinski definition) is 6. The minimum Gasteiger partial charge on any atom is -0.504 e. The van der Waals surface area contributed by atoms with Crippen LogP contribution in [0.25, 0.3) is 0 Å². The quantitative estimate of drug-likeness (QED) is 0.434. The molecule has 0 bridgehead atoms. The Morgan fingerprint density at radius 2 is 2.10 bits per heavy atom. The molecule has 5 N–H and O–H groups in total. The molecule has 0 saturated carbocycles. The van der Waals surface area contributed by atoms with Gasteiger partial charge in [0.15, 0.2) is 11.5 Å². The molecule has 1 aromatic carbocycles. The van der Waals surface area contributed by atoms with Gasteiger partial charge in [-0.25, -0.2) is 4.57 Å². The van der Waals surface area contributed by atoms with Crippen molar-refractivity contribution in [3.05, 3.63) is 23.8 Å². The van der Waals surface area contributed by atoms with Crippen molar-refractivity contribution in [1.82, 2.24) is 0 Å². The van der Waals surface area contributed by atoms with Crippen LogP contribution in [-0.4, -0.2) is 33.5 Å². The fourth-order valence-corrected chi connectivity index (χ4v) is 1.88. The largest absolute Gasteiger partial charge is 0.524 e. The molecule has 1 rings (SSSR count). The van der Waals surface area contributed by atoms with Crippen molar-refractivity contribution >= 4 is 13.8 Å². The van der Waals surface area contributed by atoms with Gasteiger partial charge in [0.25, 0.3) is 0 Å². The van der Waals surface area contributed by atoms with Crippen LogP contribution in [0.4, 0.5) is 0 Å². The first-order chi connectivity index (χ1) is 9.23. The minimum absolute atomic E-state index is 0.0800. The third-order valence-electron chi connectivity index (χ3n) is 2.29. The van der Waals surface area contributed by atoms with E-state index in [0.717, 1.165) is 0 Å². The summed E-state index contributed by atoms with van der Waals surface area (Å²) in [7, 11) is -4.78. The molecule has 112 valence electrons. The topological polar surface area (TPSA) is 139 Å². The molecule has 0 aliphatic rings. The first-order valence-corrected chi connectivity index (χ1v) is 7.25. The maximum Gasteiger partial charge on any atom is 0.524 e. The highest BCUT2D eigenvalue weighted by Crippen LogP contribution is 2.41. The standard InChI is InChI=1S/C11H16NO7P/c1-2-18-11(14)8(12)5-7-3-4-9(13)10(6-7)19-20(15,16)17/h3-4,6,8,13H,2,5,12H2,1H3,(H2,15,16,17)/t8-/m0/s1. The Hall–Kier alpha value is -1.60. The van der Waals surface area contributed by atoms with Gasteiger partial charge in [0, 0.05) is 0 Å². The number of carbonyl (C=O) groups is 1. The predicted octanol–water partition coefficient (Wildman–Crippen LogP) is 0.297. The lowest BCUT2D eigenvalue weighted by Gasteiger charge is -2.13. The Labute approximate surface area is 115 Å². The summed E-state index contributed by atoms with van der Waals surface area (Å²) in [6.45, 7) is 1.85. The molecule has 0 spiro atoms. The van der Waals surface area contributed by atoms with E-state index in [4.69, 9.17) is 20.3 Å². The third-order valence-corrected chi connectivity index (χ3v) is 2.72. The van der Waals surface area contributed by atoms with Crippen LogP contribution in [0, 0.1) is 0 Å². The number of phosphoric ester groups is 1.